The molecular weight excluding hydrogens is 320 g/mol. The zero-order valence-electron chi connectivity index (χ0n) is 14.6. The van der Waals surface area contributed by atoms with Gasteiger partial charge in [-0.3, -0.25) is 10.1 Å². The summed E-state index contributed by atoms with van der Waals surface area (Å²) in [5.41, 5.74) is 1.80. The van der Waals surface area contributed by atoms with Crippen LogP contribution in [0.4, 0.5) is 5.69 Å². The smallest absolute Gasteiger partial charge is 0.311 e. The molecular formula is C18H22N4O3. The predicted octanol–water partition coefficient (Wildman–Crippen LogP) is 2.96. The lowest BCUT2D eigenvalue weighted by Gasteiger charge is -2.30. The molecule has 7 heteroatoms. The molecule has 2 aromatic rings. The van der Waals surface area contributed by atoms with Gasteiger partial charge < -0.3 is 9.64 Å². The number of aryl methyl sites for hydroxylation is 1. The highest BCUT2D eigenvalue weighted by atomic mass is 16.6. The predicted molar refractivity (Wildman–Crippen MR) is 93.7 cm³/mol. The Kier molecular flexibility index (Phi) is 3.83. The molecule has 1 aliphatic heterocycles. The van der Waals surface area contributed by atoms with Crippen molar-refractivity contribution in [3.8, 4) is 5.75 Å². The van der Waals surface area contributed by atoms with E-state index in [0.29, 0.717) is 34.6 Å². The van der Waals surface area contributed by atoms with Crippen molar-refractivity contribution in [1.29, 1.82) is 0 Å². The van der Waals surface area contributed by atoms with Gasteiger partial charge in [0.05, 0.1) is 17.0 Å². The van der Waals surface area contributed by atoms with Crippen molar-refractivity contribution in [2.24, 2.45) is 11.3 Å². The third-order valence-corrected chi connectivity index (χ3v) is 5.89. The van der Waals surface area contributed by atoms with E-state index in [9.17, 15) is 10.1 Å². The number of hydrogen-bond acceptors (Lipinski definition) is 6. The number of benzene rings is 1. The molecule has 0 bridgehead atoms. The van der Waals surface area contributed by atoms with Crippen molar-refractivity contribution in [3.63, 3.8) is 0 Å². The van der Waals surface area contributed by atoms with E-state index < -0.39 is 0 Å². The third kappa shape index (κ3) is 2.93. The van der Waals surface area contributed by atoms with E-state index in [2.05, 4.69) is 21.9 Å². The van der Waals surface area contributed by atoms with Crippen LogP contribution in [0.5, 0.6) is 5.75 Å². The summed E-state index contributed by atoms with van der Waals surface area (Å²) in [6.45, 7) is 4.62. The Morgan fingerprint density at radius 2 is 2.12 bits per heavy atom. The number of nitro benzene ring substituents is 1. The van der Waals surface area contributed by atoms with Crippen LogP contribution in [0.15, 0.2) is 18.5 Å². The molecule has 1 spiro atoms. The summed E-state index contributed by atoms with van der Waals surface area (Å²) in [4.78, 5) is 21.7. The van der Waals surface area contributed by atoms with E-state index in [1.54, 1.807) is 6.07 Å². The SMILES string of the molecule is Cc1ncnc2cc(OCC3CC34CCN(C)CC4)c([N+](=O)[O-])cc12. The van der Waals surface area contributed by atoms with Crippen LogP contribution in [0, 0.1) is 28.4 Å². The minimum Gasteiger partial charge on any atom is -0.486 e. The van der Waals surface area contributed by atoms with E-state index in [1.165, 1.54) is 31.7 Å². The highest BCUT2D eigenvalue weighted by Gasteiger charge is 2.54. The lowest BCUT2D eigenvalue weighted by atomic mass is 9.91. The number of nitro groups is 1. The van der Waals surface area contributed by atoms with Crippen molar-refractivity contribution >= 4 is 16.6 Å². The molecule has 0 amide bonds. The molecule has 1 saturated heterocycles. The molecule has 1 aromatic heterocycles. The summed E-state index contributed by atoms with van der Waals surface area (Å²) in [6, 6.07) is 3.20. The zero-order valence-corrected chi connectivity index (χ0v) is 14.6. The Morgan fingerprint density at radius 1 is 1.36 bits per heavy atom. The molecule has 25 heavy (non-hydrogen) atoms. The number of nitrogens with zero attached hydrogens (tertiary/aromatic N) is 4. The van der Waals surface area contributed by atoms with E-state index >= 15 is 0 Å². The maximum atomic E-state index is 11.4. The molecule has 1 unspecified atom stereocenters. The molecule has 1 saturated carbocycles. The maximum absolute atomic E-state index is 11.4. The normalized spacial score (nSPS) is 22.2. The molecule has 132 valence electrons. The van der Waals surface area contributed by atoms with Gasteiger partial charge in [-0.2, -0.15) is 0 Å². The fourth-order valence-electron chi connectivity index (χ4n) is 3.99. The van der Waals surface area contributed by atoms with Gasteiger partial charge in [-0.15, -0.1) is 0 Å². The fourth-order valence-corrected chi connectivity index (χ4v) is 3.99. The molecule has 0 N–H and O–H groups in total. The second-order valence-electron chi connectivity index (χ2n) is 7.43. The van der Waals surface area contributed by atoms with Gasteiger partial charge in [0.15, 0.2) is 5.75 Å². The van der Waals surface area contributed by atoms with Gasteiger partial charge in [0, 0.05) is 23.2 Å². The number of aromatic nitrogens is 2. The first-order valence-electron chi connectivity index (χ1n) is 8.70. The monoisotopic (exact) mass is 342 g/mol. The van der Waals surface area contributed by atoms with Crippen LogP contribution >= 0.6 is 0 Å². The first-order chi connectivity index (χ1) is 12.0. The second kappa shape index (κ2) is 5.91. The minimum absolute atomic E-state index is 0.0107. The highest BCUT2D eigenvalue weighted by Crippen LogP contribution is 2.59. The van der Waals surface area contributed by atoms with Crippen molar-refractivity contribution in [1.82, 2.24) is 14.9 Å². The lowest BCUT2D eigenvalue weighted by molar-refractivity contribution is -0.385. The zero-order chi connectivity index (χ0) is 17.6. The molecule has 2 heterocycles. The molecule has 0 radical (unpaired) electrons. The average molecular weight is 342 g/mol. The van der Waals surface area contributed by atoms with Gasteiger partial charge in [-0.05, 0) is 57.7 Å². The molecule has 7 nitrogen and oxygen atoms in total. The quantitative estimate of drug-likeness (QED) is 0.628. The van der Waals surface area contributed by atoms with Crippen LogP contribution in [-0.4, -0.2) is 46.5 Å². The van der Waals surface area contributed by atoms with E-state index in [1.807, 2.05) is 6.92 Å². The third-order valence-electron chi connectivity index (χ3n) is 5.89. The van der Waals surface area contributed by atoms with Crippen molar-refractivity contribution in [3.05, 3.63) is 34.3 Å². The Balaban J connectivity index is 1.53. The fraction of sp³-hybridized carbons (Fsp3) is 0.556. The number of piperidine rings is 1. The summed E-state index contributed by atoms with van der Waals surface area (Å²) >= 11 is 0. The van der Waals surface area contributed by atoms with Crippen molar-refractivity contribution < 1.29 is 9.66 Å². The van der Waals surface area contributed by atoms with E-state index in [0.717, 1.165) is 18.8 Å². The van der Waals surface area contributed by atoms with Gasteiger partial charge in [0.2, 0.25) is 0 Å². The van der Waals surface area contributed by atoms with Gasteiger partial charge >= 0.3 is 5.69 Å². The molecule has 1 aliphatic carbocycles. The van der Waals surface area contributed by atoms with Crippen LogP contribution in [0.2, 0.25) is 0 Å². The van der Waals surface area contributed by atoms with Crippen LogP contribution in [-0.2, 0) is 0 Å². The van der Waals surface area contributed by atoms with Crippen molar-refractivity contribution in [2.45, 2.75) is 26.2 Å². The van der Waals surface area contributed by atoms with Crippen molar-refractivity contribution in [2.75, 3.05) is 26.7 Å². The first kappa shape index (κ1) is 16.2. The largest absolute Gasteiger partial charge is 0.486 e. The number of likely N-dealkylation sites (tertiary alicyclic amines) is 1. The Bertz CT molecular complexity index is 830. The standard InChI is InChI=1S/C18H22N4O3/c1-12-14-7-16(22(23)24)17(8-15(14)20-11-19-12)25-10-13-9-18(13)3-5-21(2)6-4-18/h7-8,11,13H,3-6,9-10H2,1-2H3. The average Bonchev–Trinajstić information content (AvgIpc) is 3.28. The number of hydrogen-bond donors (Lipinski definition) is 0. The number of ether oxygens (including phenoxy) is 1. The summed E-state index contributed by atoms with van der Waals surface area (Å²) in [5.74, 6) is 0.814. The Hall–Kier alpha value is -2.28. The van der Waals surface area contributed by atoms with E-state index in [4.69, 9.17) is 4.74 Å². The second-order valence-corrected chi connectivity index (χ2v) is 7.43. The summed E-state index contributed by atoms with van der Waals surface area (Å²) < 4.78 is 5.91. The molecule has 4 rings (SSSR count). The highest BCUT2D eigenvalue weighted by molar-refractivity contribution is 5.85. The summed E-state index contributed by atoms with van der Waals surface area (Å²) in [6.07, 6.45) is 5.04. The van der Waals surface area contributed by atoms with Crippen LogP contribution < -0.4 is 4.74 Å². The molecule has 2 fully saturated rings. The molecule has 2 aliphatic rings. The summed E-state index contributed by atoms with van der Waals surface area (Å²) in [5, 5.41) is 12.1. The van der Waals surface area contributed by atoms with Crippen LogP contribution in [0.25, 0.3) is 10.9 Å². The number of fused-ring (bicyclic) bond motifs is 1. The Morgan fingerprint density at radius 3 is 2.84 bits per heavy atom. The topological polar surface area (TPSA) is 81.4 Å². The minimum atomic E-state index is -0.389. The van der Waals surface area contributed by atoms with Crippen LogP contribution in [0.3, 0.4) is 0 Å². The molecule has 1 aromatic carbocycles. The van der Waals surface area contributed by atoms with Gasteiger partial charge in [-0.1, -0.05) is 0 Å². The lowest BCUT2D eigenvalue weighted by Crippen LogP contribution is -2.32. The van der Waals surface area contributed by atoms with Gasteiger partial charge in [0.25, 0.3) is 0 Å². The van der Waals surface area contributed by atoms with Gasteiger partial charge in [-0.25, -0.2) is 9.97 Å². The van der Waals surface area contributed by atoms with Gasteiger partial charge in [0.1, 0.15) is 6.33 Å². The summed E-state index contributed by atoms with van der Waals surface area (Å²) in [7, 11) is 2.16. The van der Waals surface area contributed by atoms with Crippen LogP contribution in [0.1, 0.15) is 25.0 Å². The first-order valence-corrected chi connectivity index (χ1v) is 8.70. The van der Waals surface area contributed by atoms with E-state index in [-0.39, 0.29) is 10.6 Å². The molecule has 1 atom stereocenters. The Labute approximate surface area is 146 Å². The maximum Gasteiger partial charge on any atom is 0.311 e. The number of rotatable bonds is 4.